The van der Waals surface area contributed by atoms with Gasteiger partial charge < -0.3 is 114 Å². The van der Waals surface area contributed by atoms with Crippen LogP contribution in [0.2, 0.25) is 0 Å². The van der Waals surface area contributed by atoms with E-state index in [9.17, 15) is 71.0 Å². The van der Waals surface area contributed by atoms with E-state index in [2.05, 4.69) is 74.1 Å². The van der Waals surface area contributed by atoms with Crippen LogP contribution >= 0.6 is 11.8 Å². The Balaban J connectivity index is 1.36. The number of nitrogens with one attached hydrogen (secondary N) is 13. The summed E-state index contributed by atoms with van der Waals surface area (Å²) >= 11 is 0.756. The van der Waals surface area contributed by atoms with Crippen LogP contribution in [-0.2, 0) is 118 Å². The number of likely N-dealkylation sites (N-methyl/N-ethyl adjacent to an activating group) is 1. The molecule has 40 nitrogen and oxygen atoms in total. The fourth-order valence-corrected chi connectivity index (χ4v) is 17.4. The molecule has 0 bridgehead atoms. The average Bonchev–Trinajstić information content (AvgIpc) is 0.835. The highest BCUT2D eigenvalue weighted by Gasteiger charge is 2.42. The van der Waals surface area contributed by atoms with E-state index in [0.29, 0.717) is 30.0 Å². The number of halogens is 3. The summed E-state index contributed by atoms with van der Waals surface area (Å²) in [7, 11) is 1.19. The van der Waals surface area contributed by atoms with Crippen molar-refractivity contribution in [2.45, 2.75) is 267 Å². The van der Waals surface area contributed by atoms with E-state index < -0.39 is 277 Å². The number of primary amides is 2. The molecule has 5 aromatic rings. The highest BCUT2D eigenvalue weighted by molar-refractivity contribution is 8.00. The van der Waals surface area contributed by atoms with Gasteiger partial charge in [0.1, 0.15) is 90.4 Å². The van der Waals surface area contributed by atoms with Gasteiger partial charge in [-0.15, -0.1) is 0 Å². The van der Waals surface area contributed by atoms with Crippen LogP contribution in [0.1, 0.15) is 172 Å². The molecule has 2 aliphatic rings. The molecule has 1 aliphatic heterocycles. The first-order valence-electron chi connectivity index (χ1n) is 48.1. The number of aryl methyl sites for hydroxylation is 1. The molecule has 0 unspecified atom stereocenters. The molecule has 4 aromatic carbocycles. The quantitative estimate of drug-likeness (QED) is 0.0289. The van der Waals surface area contributed by atoms with Crippen LogP contribution in [0.3, 0.4) is 0 Å². The Hall–Kier alpha value is -13.3. The van der Waals surface area contributed by atoms with Crippen molar-refractivity contribution in [2.75, 3.05) is 38.2 Å². The number of benzene rings is 4. The fraction of sp³-hybridized carbons (Fsp3) is 0.525. The van der Waals surface area contributed by atoms with Gasteiger partial charge in [-0.05, 0) is 155 Å². The number of aliphatic carboxylic acids is 1. The number of Topliss-reactive ketones (excluding diaryl/α,β-unsaturated/α-hetero) is 1. The second kappa shape index (κ2) is 58.3. The first-order chi connectivity index (χ1) is 67.9. The van der Waals surface area contributed by atoms with E-state index in [1.54, 1.807) is 82.3 Å². The molecule has 2 fully saturated rings. The van der Waals surface area contributed by atoms with Gasteiger partial charge in [-0.25, -0.2) is 0 Å². The van der Waals surface area contributed by atoms with Crippen LogP contribution in [0, 0.1) is 23.7 Å². The van der Waals surface area contributed by atoms with Crippen molar-refractivity contribution in [1.29, 1.82) is 0 Å². The summed E-state index contributed by atoms with van der Waals surface area (Å²) in [6, 6.07) is 6.18. The van der Waals surface area contributed by atoms with Crippen molar-refractivity contribution < 1.29 is 105 Å². The van der Waals surface area contributed by atoms with Crippen LogP contribution in [0.4, 0.5) is 13.2 Å². The molecule has 1 aliphatic carbocycles. The first-order valence-corrected chi connectivity index (χ1v) is 49.2. The van der Waals surface area contributed by atoms with Gasteiger partial charge in [-0.1, -0.05) is 169 Å². The molecule has 780 valence electrons. The molecule has 143 heavy (non-hydrogen) atoms. The van der Waals surface area contributed by atoms with Crippen LogP contribution in [0.15, 0.2) is 134 Å². The summed E-state index contributed by atoms with van der Waals surface area (Å²) in [6.45, 7) is 8.91. The minimum Gasteiger partial charge on any atom is -0.481 e. The maximum atomic E-state index is 15.6. The fourth-order valence-electron chi connectivity index (χ4n) is 16.5. The van der Waals surface area contributed by atoms with E-state index in [4.69, 9.17) is 34.4 Å². The molecule has 0 spiro atoms. The highest BCUT2D eigenvalue weighted by atomic mass is 32.2. The number of nitrogens with two attached hydrogens (primary N) is 6. The standard InChI is InChI=1S/C99H138F3N21O19S/c1-55(2)44-74-90(134)112-72(39-42-105)89(133)118-76(46-60-22-13-9-14-23-60)95(139)122-83(56(3)4)97(141)113-70(29-18-40-103)87(131)121-80(96(140)110-69(38-41-104)84(108)128)54-143-53-67(124)50-68(57(5)106)86(130)116-78(49-63-25-19-43-109-52-63)93(137)120-79(51-82(126)127)94(138)119-77(48-62-24-17-28-66(45-62)99(100,101)102)91(135)111-71(35-32-59-20-11-8-12-21-59)88(132)117-75(47-61-30-33-65(34-31-61)64-26-15-10-16-27-64)92(136)114-73(36-37-81(107)125)98(142)123(7)58(6)85(129)115-74/h8,10-12,15-17,19-21,24-28,30-31,33-34,43,45,52,55-58,60,68-80,83H,9,13-14,18,22-23,29,32,35-42,44,46-51,53-54,103-106H2,1-7H3,(H2,107,125)(H2,108,128)(H,110,140)(H,111,135)(H,112,134)(H,113,141)(H,114,136)(H,115,129)(H,116,130)(H,117,132)(H,118,133)(H,119,138)(H,120,137)(H,121,131)(H,122,139)(H,126,127)/t57-,58+,68+,69+,70+,71+,72+,73+,74-,75+,76+,77+,78+,79+,80+,83+/m1/s1. The molecule has 7 rings (SSSR count). The maximum Gasteiger partial charge on any atom is 0.416 e. The second-order valence-electron chi connectivity index (χ2n) is 37.0. The third-order valence-electron chi connectivity index (χ3n) is 24.7. The van der Waals surface area contributed by atoms with Gasteiger partial charge in [0, 0.05) is 63.3 Å². The number of hydrogen-bond donors (Lipinski definition) is 20. The number of pyridine rings is 1. The summed E-state index contributed by atoms with van der Waals surface area (Å²) in [5, 5.41) is 44.3. The number of thioether (sulfide) groups is 1. The van der Waals surface area contributed by atoms with Crippen LogP contribution in [0.25, 0.3) is 11.1 Å². The number of nitrogens with zero attached hydrogens (tertiary/aromatic N) is 2. The zero-order valence-corrected chi connectivity index (χ0v) is 82.4. The van der Waals surface area contributed by atoms with E-state index >= 15 is 33.6 Å². The molecule has 1 saturated carbocycles. The summed E-state index contributed by atoms with van der Waals surface area (Å²) in [6.07, 6.45) is -4.21. The van der Waals surface area contributed by atoms with Gasteiger partial charge in [-0.2, -0.15) is 24.9 Å². The molecule has 2 heterocycles. The van der Waals surface area contributed by atoms with Crippen molar-refractivity contribution in [3.8, 4) is 11.1 Å². The van der Waals surface area contributed by atoms with Gasteiger partial charge in [0.2, 0.25) is 94.5 Å². The van der Waals surface area contributed by atoms with Crippen molar-refractivity contribution >= 4 is 118 Å². The summed E-state index contributed by atoms with van der Waals surface area (Å²) in [5.41, 5.74) is 37.0. The number of carbonyl (C=O) groups excluding carboxylic acids is 17. The Morgan fingerprint density at radius 1 is 0.517 bits per heavy atom. The number of amides is 16. The van der Waals surface area contributed by atoms with Crippen molar-refractivity contribution in [3.63, 3.8) is 0 Å². The maximum absolute atomic E-state index is 15.6. The van der Waals surface area contributed by atoms with Gasteiger partial charge in [-0.3, -0.25) is 91.3 Å². The number of alkyl halides is 3. The molecule has 1 saturated heterocycles. The molecule has 26 N–H and O–H groups in total. The lowest BCUT2D eigenvalue weighted by atomic mass is 9.84. The number of ketones is 1. The molecule has 0 radical (unpaired) electrons. The van der Waals surface area contributed by atoms with E-state index in [1.165, 1.54) is 51.5 Å². The van der Waals surface area contributed by atoms with Gasteiger partial charge in [0.15, 0.2) is 0 Å². The molecular formula is C99H138F3N21O19S. The number of carbonyl (C=O) groups is 18. The van der Waals surface area contributed by atoms with E-state index in [-0.39, 0.29) is 94.0 Å². The van der Waals surface area contributed by atoms with Crippen molar-refractivity contribution in [1.82, 2.24) is 79.0 Å². The second-order valence-corrected chi connectivity index (χ2v) is 38.1. The van der Waals surface area contributed by atoms with E-state index in [0.717, 1.165) is 59.2 Å². The van der Waals surface area contributed by atoms with E-state index in [1.807, 2.05) is 30.3 Å². The lowest BCUT2D eigenvalue weighted by Crippen LogP contribution is -2.61. The minimum absolute atomic E-state index is 0.0275. The van der Waals surface area contributed by atoms with Crippen LogP contribution in [0.5, 0.6) is 0 Å². The number of aromatic nitrogens is 1. The predicted octanol–water partition coefficient (Wildman–Crippen LogP) is 0.581. The molecule has 16 atom stereocenters. The Morgan fingerprint density at radius 2 is 1.02 bits per heavy atom. The van der Waals surface area contributed by atoms with Gasteiger partial charge in [0.25, 0.3) is 0 Å². The molecule has 16 amide bonds. The predicted molar refractivity (Wildman–Crippen MR) is 526 cm³/mol. The normalized spacial score (nSPS) is 23.8. The lowest BCUT2D eigenvalue weighted by Gasteiger charge is -2.32. The van der Waals surface area contributed by atoms with Crippen molar-refractivity contribution in [2.24, 2.45) is 58.1 Å². The Morgan fingerprint density at radius 3 is 1.58 bits per heavy atom. The molecular weight excluding hydrogens is 1880 g/mol. The van der Waals surface area contributed by atoms with Gasteiger partial charge in [0.05, 0.1) is 23.7 Å². The number of hydrogen-bond acceptors (Lipinski definition) is 24. The van der Waals surface area contributed by atoms with Crippen LogP contribution < -0.4 is 104 Å². The zero-order chi connectivity index (χ0) is 105. The first kappa shape index (κ1) is 117. The Bertz CT molecular complexity index is 5150. The largest absolute Gasteiger partial charge is 0.481 e. The molecule has 1 aromatic heterocycles. The molecule has 44 heteroatoms. The smallest absolute Gasteiger partial charge is 0.416 e. The third kappa shape index (κ3) is 38.8. The van der Waals surface area contributed by atoms with Gasteiger partial charge >= 0.3 is 12.1 Å². The summed E-state index contributed by atoms with van der Waals surface area (Å²) < 4.78 is 43.8. The number of carboxylic acid groups (broad SMARTS) is 1. The van der Waals surface area contributed by atoms with Crippen LogP contribution in [-0.4, -0.2) is 250 Å². The zero-order valence-electron chi connectivity index (χ0n) is 81.5. The average molecular weight is 2020 g/mol. The monoisotopic (exact) mass is 2010 g/mol. The number of carboxylic acids is 1. The summed E-state index contributed by atoms with van der Waals surface area (Å²) in [4.78, 5) is 268. The number of rotatable bonds is 31. The highest BCUT2D eigenvalue weighted by Crippen LogP contribution is 2.32. The third-order valence-corrected chi connectivity index (χ3v) is 25.8. The van der Waals surface area contributed by atoms with Crippen molar-refractivity contribution in [3.05, 3.63) is 162 Å². The summed E-state index contributed by atoms with van der Waals surface area (Å²) in [5.74, 6) is -23.0. The SMILES string of the molecule is CC(C)C[C@H]1NC(=O)[C@H](C)N(C)C(=O)[C@H](CCC(N)=O)NC(=O)[C@H](Cc2ccc(-c3ccccc3)cc2)NC(=O)[C@H](CCc2ccccc2)NC(=O)[C@H](Cc2cccc(C(F)(F)F)c2)NC(=O)[C@H](CC(=O)O)NC(=O)[C@H](Cc2cccnc2)NC(=O)[C@H]([C@@H](C)N)CC(=O)CSC[C@@H](C(=O)N[C@@H](CCN)C(N)=O)NC(=O)[C@H](CCCN)NC(=O)[C@H](C(C)C)NC(=O)[C@H](CC2CCCCC2)NC(=O)[C@H](CCN)NC1=O. The Labute approximate surface area is 833 Å². The lowest BCUT2D eigenvalue weighted by molar-refractivity contribution is -0.143. The Kier molecular flexibility index (Phi) is 47.5. The topological polar surface area (TPSA) is 656 Å². The minimum atomic E-state index is -4.99.